The van der Waals surface area contributed by atoms with Crippen molar-refractivity contribution in [3.8, 4) is 0 Å². The number of fused-ring (bicyclic) bond motifs is 1. The van der Waals surface area contributed by atoms with E-state index in [0.717, 1.165) is 17.5 Å². The third kappa shape index (κ3) is 3.06. The van der Waals surface area contributed by atoms with Gasteiger partial charge >= 0.3 is 6.09 Å². The van der Waals surface area contributed by atoms with Gasteiger partial charge in [0.25, 0.3) is 0 Å². The number of amides is 1. The Morgan fingerprint density at radius 3 is 2.74 bits per heavy atom. The molecule has 1 heterocycles. The Morgan fingerprint density at radius 2 is 2.11 bits per heavy atom. The molecule has 104 valence electrons. The zero-order chi connectivity index (χ0) is 14.2. The Bertz CT molecular complexity index is 493. The smallest absolute Gasteiger partial charge is 0.410 e. The molecule has 1 aliphatic heterocycles. The Hall–Kier alpha value is -1.58. The lowest BCUT2D eigenvalue weighted by Gasteiger charge is -2.36. The van der Waals surface area contributed by atoms with Gasteiger partial charge in [-0.2, -0.15) is 0 Å². The number of halogens is 1. The van der Waals surface area contributed by atoms with Crippen molar-refractivity contribution in [3.05, 3.63) is 35.1 Å². The van der Waals surface area contributed by atoms with Crippen LogP contribution in [-0.4, -0.2) is 23.1 Å². The zero-order valence-electron chi connectivity index (χ0n) is 11.9. The van der Waals surface area contributed by atoms with Gasteiger partial charge < -0.3 is 9.64 Å². The summed E-state index contributed by atoms with van der Waals surface area (Å²) in [4.78, 5) is 13.8. The number of rotatable bonds is 0. The van der Waals surface area contributed by atoms with Gasteiger partial charge in [-0.15, -0.1) is 0 Å². The summed E-state index contributed by atoms with van der Waals surface area (Å²) in [5.74, 6) is -0.267. The number of hydrogen-bond acceptors (Lipinski definition) is 2. The van der Waals surface area contributed by atoms with E-state index < -0.39 is 5.60 Å². The second kappa shape index (κ2) is 4.83. The largest absolute Gasteiger partial charge is 0.444 e. The molecule has 1 aromatic rings. The second-order valence-electron chi connectivity index (χ2n) is 5.94. The minimum absolute atomic E-state index is 0.158. The van der Waals surface area contributed by atoms with E-state index in [9.17, 15) is 9.18 Å². The molecule has 2 rings (SSSR count). The molecule has 0 aliphatic carbocycles. The fourth-order valence-corrected chi connectivity index (χ4v) is 2.35. The lowest BCUT2D eigenvalue weighted by atomic mass is 9.94. The second-order valence-corrected chi connectivity index (χ2v) is 5.94. The van der Waals surface area contributed by atoms with Crippen LogP contribution in [0.25, 0.3) is 0 Å². The molecule has 4 heteroatoms. The van der Waals surface area contributed by atoms with Crippen LogP contribution in [0.5, 0.6) is 0 Å². The summed E-state index contributed by atoms with van der Waals surface area (Å²) in [5.41, 5.74) is 1.46. The Kier molecular flexibility index (Phi) is 3.52. The molecule has 1 aliphatic rings. The Labute approximate surface area is 113 Å². The SMILES string of the molecule is C[C@@H]1c2cc(F)ccc2CCN1C(=O)OC(C)(C)C. The minimum Gasteiger partial charge on any atom is -0.444 e. The third-order valence-corrected chi connectivity index (χ3v) is 3.28. The molecule has 1 amide bonds. The molecule has 0 saturated carbocycles. The first kappa shape index (κ1) is 13.8. The van der Waals surface area contributed by atoms with Gasteiger partial charge in [0.15, 0.2) is 0 Å². The van der Waals surface area contributed by atoms with Gasteiger partial charge in [-0.1, -0.05) is 6.07 Å². The summed E-state index contributed by atoms with van der Waals surface area (Å²) >= 11 is 0. The Balaban J connectivity index is 2.21. The van der Waals surface area contributed by atoms with E-state index >= 15 is 0 Å². The molecule has 0 radical (unpaired) electrons. The van der Waals surface area contributed by atoms with Gasteiger partial charge in [0, 0.05) is 6.54 Å². The van der Waals surface area contributed by atoms with Crippen LogP contribution in [0, 0.1) is 5.82 Å². The molecule has 3 nitrogen and oxygen atoms in total. The molecule has 0 aromatic heterocycles. The number of carbonyl (C=O) groups is 1. The lowest BCUT2D eigenvalue weighted by molar-refractivity contribution is 0.0159. The predicted molar refractivity (Wildman–Crippen MR) is 71.5 cm³/mol. The number of hydrogen-bond donors (Lipinski definition) is 0. The zero-order valence-corrected chi connectivity index (χ0v) is 11.9. The maximum absolute atomic E-state index is 13.3. The quantitative estimate of drug-likeness (QED) is 0.716. The van der Waals surface area contributed by atoms with Gasteiger partial charge in [0.2, 0.25) is 0 Å². The van der Waals surface area contributed by atoms with Crippen LogP contribution in [0.1, 0.15) is 44.9 Å². The normalized spacial score (nSPS) is 19.0. The van der Waals surface area contributed by atoms with Crippen LogP contribution in [0.4, 0.5) is 9.18 Å². The molecule has 0 N–H and O–H groups in total. The summed E-state index contributed by atoms with van der Waals surface area (Å²) in [6, 6.07) is 4.62. The summed E-state index contributed by atoms with van der Waals surface area (Å²) in [6.45, 7) is 8.03. The number of ether oxygens (including phenoxy) is 1. The van der Waals surface area contributed by atoms with Crippen molar-refractivity contribution in [2.75, 3.05) is 6.54 Å². The van der Waals surface area contributed by atoms with E-state index in [1.54, 1.807) is 11.0 Å². The van der Waals surface area contributed by atoms with Gasteiger partial charge in [-0.05, 0) is 57.4 Å². The molecule has 0 bridgehead atoms. The van der Waals surface area contributed by atoms with Gasteiger partial charge in [-0.3, -0.25) is 0 Å². The van der Waals surface area contributed by atoms with Gasteiger partial charge in [0.05, 0.1) is 6.04 Å². The van der Waals surface area contributed by atoms with Crippen molar-refractivity contribution in [2.24, 2.45) is 0 Å². The van der Waals surface area contributed by atoms with E-state index in [1.165, 1.54) is 12.1 Å². The van der Waals surface area contributed by atoms with Crippen LogP contribution >= 0.6 is 0 Å². The van der Waals surface area contributed by atoms with Crippen molar-refractivity contribution in [1.82, 2.24) is 4.90 Å². The van der Waals surface area contributed by atoms with Crippen molar-refractivity contribution < 1.29 is 13.9 Å². The molecular formula is C15H20FNO2. The molecule has 0 saturated heterocycles. The van der Waals surface area contributed by atoms with Crippen LogP contribution in [0.3, 0.4) is 0 Å². The van der Waals surface area contributed by atoms with Crippen molar-refractivity contribution in [1.29, 1.82) is 0 Å². The number of nitrogens with zero attached hydrogens (tertiary/aromatic N) is 1. The molecule has 0 spiro atoms. The molecule has 1 aromatic carbocycles. The first-order valence-electron chi connectivity index (χ1n) is 6.56. The Morgan fingerprint density at radius 1 is 1.42 bits per heavy atom. The molecular weight excluding hydrogens is 245 g/mol. The summed E-state index contributed by atoms with van der Waals surface area (Å²) in [6.07, 6.45) is 0.397. The molecule has 0 fully saturated rings. The standard InChI is InChI=1S/C15H20FNO2/c1-10-13-9-12(16)6-5-11(13)7-8-17(10)14(18)19-15(2,3)4/h5-6,9-10H,7-8H2,1-4H3/t10-/m1/s1. The monoisotopic (exact) mass is 265 g/mol. The first-order chi connectivity index (χ1) is 8.78. The van der Waals surface area contributed by atoms with Crippen molar-refractivity contribution >= 4 is 6.09 Å². The maximum Gasteiger partial charge on any atom is 0.410 e. The average Bonchev–Trinajstić information content (AvgIpc) is 2.28. The maximum atomic E-state index is 13.3. The van der Waals surface area contributed by atoms with E-state index in [1.807, 2.05) is 27.7 Å². The van der Waals surface area contributed by atoms with Crippen LogP contribution in [0.15, 0.2) is 18.2 Å². The van der Waals surface area contributed by atoms with Crippen molar-refractivity contribution in [2.45, 2.75) is 45.8 Å². The molecule has 0 unspecified atom stereocenters. The number of benzene rings is 1. The summed E-state index contributed by atoms with van der Waals surface area (Å²) in [5, 5.41) is 0. The average molecular weight is 265 g/mol. The van der Waals surface area contributed by atoms with E-state index in [4.69, 9.17) is 4.74 Å². The molecule has 19 heavy (non-hydrogen) atoms. The van der Waals surface area contributed by atoms with Gasteiger partial charge in [-0.25, -0.2) is 9.18 Å². The van der Waals surface area contributed by atoms with E-state index in [-0.39, 0.29) is 18.0 Å². The topological polar surface area (TPSA) is 29.5 Å². The minimum atomic E-state index is -0.515. The van der Waals surface area contributed by atoms with Gasteiger partial charge in [0.1, 0.15) is 11.4 Å². The highest BCUT2D eigenvalue weighted by atomic mass is 19.1. The van der Waals surface area contributed by atoms with E-state index in [2.05, 4.69) is 0 Å². The number of carbonyl (C=O) groups excluding carboxylic acids is 1. The molecule has 1 atom stereocenters. The highest BCUT2D eigenvalue weighted by molar-refractivity contribution is 5.69. The fraction of sp³-hybridized carbons (Fsp3) is 0.533. The van der Waals surface area contributed by atoms with Crippen LogP contribution in [0.2, 0.25) is 0 Å². The summed E-state index contributed by atoms with van der Waals surface area (Å²) in [7, 11) is 0. The predicted octanol–water partition coefficient (Wildman–Crippen LogP) is 3.68. The third-order valence-electron chi connectivity index (χ3n) is 3.28. The highest BCUT2D eigenvalue weighted by Gasteiger charge is 2.31. The lowest BCUT2D eigenvalue weighted by Crippen LogP contribution is -2.42. The van der Waals surface area contributed by atoms with Crippen LogP contribution < -0.4 is 0 Å². The van der Waals surface area contributed by atoms with Crippen LogP contribution in [-0.2, 0) is 11.2 Å². The first-order valence-corrected chi connectivity index (χ1v) is 6.56. The van der Waals surface area contributed by atoms with Crippen molar-refractivity contribution in [3.63, 3.8) is 0 Å². The highest BCUT2D eigenvalue weighted by Crippen LogP contribution is 2.31. The van der Waals surface area contributed by atoms with E-state index in [0.29, 0.717) is 6.54 Å². The fourth-order valence-electron chi connectivity index (χ4n) is 2.35. The summed E-state index contributed by atoms with van der Waals surface area (Å²) < 4.78 is 18.7.